The molecule has 7 heteroatoms. The molecule has 0 saturated carbocycles. The molecule has 0 radical (unpaired) electrons. The lowest BCUT2D eigenvalue weighted by molar-refractivity contribution is 0.228. The van der Waals surface area contributed by atoms with E-state index in [2.05, 4.69) is 11.4 Å². The second-order valence-corrected chi connectivity index (χ2v) is 8.77. The number of nitrogens with zero attached hydrogens (tertiary/aromatic N) is 2. The van der Waals surface area contributed by atoms with Gasteiger partial charge in [-0.15, -0.1) is 11.3 Å². The summed E-state index contributed by atoms with van der Waals surface area (Å²) in [6.07, 6.45) is -0.198. The largest absolute Gasteiger partial charge is 0.494 e. The van der Waals surface area contributed by atoms with Crippen LogP contribution in [0.2, 0.25) is 0 Å². The zero-order chi connectivity index (χ0) is 23.4. The van der Waals surface area contributed by atoms with Gasteiger partial charge in [0, 0.05) is 17.3 Å². The molecule has 1 heterocycles. The quantitative estimate of drug-likeness (QED) is 0.316. The van der Waals surface area contributed by atoms with Crippen molar-refractivity contribution in [1.82, 2.24) is 4.98 Å². The van der Waals surface area contributed by atoms with Crippen molar-refractivity contribution < 1.29 is 13.9 Å². The minimum Gasteiger partial charge on any atom is -0.494 e. The van der Waals surface area contributed by atoms with Gasteiger partial charge in [-0.2, -0.15) is 5.26 Å². The van der Waals surface area contributed by atoms with Gasteiger partial charge in [0.2, 0.25) is 0 Å². The second-order valence-electron chi connectivity index (χ2n) is 7.71. The number of ether oxygens (including phenoxy) is 2. The Morgan fingerprint density at radius 3 is 2.55 bits per heavy atom. The van der Waals surface area contributed by atoms with E-state index in [4.69, 9.17) is 19.7 Å². The number of hydrogen-bond donors (Lipinski definition) is 1. The van der Waals surface area contributed by atoms with Crippen LogP contribution in [-0.2, 0) is 0 Å². The molecule has 0 bridgehead atoms. The lowest BCUT2D eigenvalue weighted by Gasteiger charge is -2.22. The van der Waals surface area contributed by atoms with Crippen LogP contribution in [0.1, 0.15) is 42.9 Å². The highest BCUT2D eigenvalue weighted by Gasteiger charge is 2.26. The van der Waals surface area contributed by atoms with E-state index < -0.39 is 11.9 Å². The summed E-state index contributed by atoms with van der Waals surface area (Å²) in [5, 5.41) is 13.2. The number of anilines is 1. The Morgan fingerprint density at radius 1 is 1.12 bits per heavy atom. The minimum absolute atomic E-state index is 0.138. The lowest BCUT2D eigenvalue weighted by atomic mass is 10.0. The smallest absolute Gasteiger partial charge is 0.171 e. The summed E-state index contributed by atoms with van der Waals surface area (Å²) >= 11 is 1.50. The summed E-state index contributed by atoms with van der Waals surface area (Å²) in [4.78, 5) is 4.78. The number of nitrogens with one attached hydrogen (secondary N) is 1. The third kappa shape index (κ3) is 5.07. The Balaban J connectivity index is 1.85. The lowest BCUT2D eigenvalue weighted by Crippen LogP contribution is -2.16. The van der Waals surface area contributed by atoms with Gasteiger partial charge in [-0.25, -0.2) is 9.37 Å². The molecule has 4 aromatic rings. The fourth-order valence-corrected chi connectivity index (χ4v) is 4.52. The van der Waals surface area contributed by atoms with Gasteiger partial charge in [0.25, 0.3) is 0 Å². The molecular formula is C26H24FN3O2S. The number of halogens is 1. The van der Waals surface area contributed by atoms with Crippen molar-refractivity contribution in [2.45, 2.75) is 32.9 Å². The maximum Gasteiger partial charge on any atom is 0.171 e. The van der Waals surface area contributed by atoms with Crippen molar-refractivity contribution in [1.29, 1.82) is 5.26 Å². The van der Waals surface area contributed by atoms with Crippen molar-refractivity contribution in [3.8, 4) is 17.6 Å². The van der Waals surface area contributed by atoms with E-state index in [-0.39, 0.29) is 11.9 Å². The van der Waals surface area contributed by atoms with Gasteiger partial charge in [0.1, 0.15) is 16.8 Å². The summed E-state index contributed by atoms with van der Waals surface area (Å²) in [6.45, 7) is 6.03. The third-order valence-corrected chi connectivity index (χ3v) is 6.01. The van der Waals surface area contributed by atoms with Gasteiger partial charge in [-0.1, -0.05) is 12.1 Å². The third-order valence-electron chi connectivity index (χ3n) is 4.91. The van der Waals surface area contributed by atoms with Gasteiger partial charge in [-0.3, -0.25) is 0 Å². The number of para-hydroxylation sites is 1. The first kappa shape index (κ1) is 22.6. The fraction of sp³-hybridized carbons (Fsp3) is 0.231. The van der Waals surface area contributed by atoms with Crippen molar-refractivity contribution in [2.24, 2.45) is 0 Å². The highest BCUT2D eigenvalue weighted by molar-refractivity contribution is 7.18. The number of rotatable bonds is 8. The molecule has 1 atom stereocenters. The van der Waals surface area contributed by atoms with Crippen molar-refractivity contribution >= 4 is 27.2 Å². The monoisotopic (exact) mass is 461 g/mol. The molecule has 0 fully saturated rings. The summed E-state index contributed by atoms with van der Waals surface area (Å²) < 4.78 is 28.3. The minimum atomic E-state index is -0.592. The molecule has 5 nitrogen and oxygen atoms in total. The number of nitriles is 1. The SMILES string of the molecule is CCOc1cc(OC(C)C)c(F)c(C(Nc2ccc(C#N)cc2)c2nc3ccccc3s2)c1. The van der Waals surface area contributed by atoms with Crippen molar-refractivity contribution in [2.75, 3.05) is 11.9 Å². The van der Waals surface area contributed by atoms with Crippen LogP contribution in [0, 0.1) is 17.1 Å². The summed E-state index contributed by atoms with van der Waals surface area (Å²) in [5.74, 6) is 0.202. The molecule has 1 N–H and O–H groups in total. The van der Waals surface area contributed by atoms with Crippen LogP contribution >= 0.6 is 11.3 Å². The molecule has 3 aromatic carbocycles. The van der Waals surface area contributed by atoms with E-state index in [0.717, 1.165) is 15.9 Å². The molecule has 4 rings (SSSR count). The molecule has 0 saturated heterocycles. The average molecular weight is 462 g/mol. The first-order valence-electron chi connectivity index (χ1n) is 10.7. The molecule has 0 aliphatic heterocycles. The number of benzene rings is 3. The number of hydrogen-bond acceptors (Lipinski definition) is 6. The first-order chi connectivity index (χ1) is 16.0. The highest BCUT2D eigenvalue weighted by Crippen LogP contribution is 2.38. The summed E-state index contributed by atoms with van der Waals surface area (Å²) in [6, 6.07) is 19.7. The number of aromatic nitrogens is 1. The van der Waals surface area contributed by atoms with E-state index in [0.29, 0.717) is 28.5 Å². The van der Waals surface area contributed by atoms with Crippen LogP contribution in [0.25, 0.3) is 10.2 Å². The maximum atomic E-state index is 15.8. The van der Waals surface area contributed by atoms with Gasteiger partial charge in [0.05, 0.1) is 34.6 Å². The summed E-state index contributed by atoms with van der Waals surface area (Å²) in [7, 11) is 0. The van der Waals surface area contributed by atoms with Gasteiger partial charge >= 0.3 is 0 Å². The molecule has 1 aromatic heterocycles. The van der Waals surface area contributed by atoms with E-state index in [1.165, 1.54) is 11.3 Å². The van der Waals surface area contributed by atoms with E-state index in [9.17, 15) is 0 Å². The second kappa shape index (κ2) is 9.88. The topological polar surface area (TPSA) is 67.2 Å². The molecule has 1 unspecified atom stereocenters. The van der Waals surface area contributed by atoms with Crippen LogP contribution < -0.4 is 14.8 Å². The highest BCUT2D eigenvalue weighted by atomic mass is 32.1. The predicted octanol–water partition coefficient (Wildman–Crippen LogP) is 6.69. The van der Waals surface area contributed by atoms with Crippen LogP contribution in [0.4, 0.5) is 10.1 Å². The van der Waals surface area contributed by atoms with Gasteiger partial charge in [0.15, 0.2) is 11.6 Å². The standard InChI is InChI=1S/C26H24FN3O2S/c1-4-31-19-13-20(24(27)22(14-19)32-16(2)3)25(29-18-11-9-17(15-28)10-12-18)26-30-21-7-5-6-8-23(21)33-26/h5-14,16,25,29H,4H2,1-3H3. The van der Waals surface area contributed by atoms with E-state index in [1.807, 2.05) is 45.0 Å². The van der Waals surface area contributed by atoms with Crippen molar-refractivity contribution in [3.05, 3.63) is 82.6 Å². The molecule has 0 amide bonds. The molecule has 0 spiro atoms. The predicted molar refractivity (Wildman–Crippen MR) is 130 cm³/mol. The van der Waals surface area contributed by atoms with Crippen LogP contribution in [0.3, 0.4) is 0 Å². The zero-order valence-electron chi connectivity index (χ0n) is 18.6. The van der Waals surface area contributed by atoms with Gasteiger partial charge < -0.3 is 14.8 Å². The average Bonchev–Trinajstić information content (AvgIpc) is 3.24. The molecule has 0 aliphatic rings. The molecule has 33 heavy (non-hydrogen) atoms. The molecule has 168 valence electrons. The van der Waals surface area contributed by atoms with E-state index >= 15 is 4.39 Å². The van der Waals surface area contributed by atoms with Gasteiger partial charge in [-0.05, 0) is 63.2 Å². The Bertz CT molecular complexity index is 1260. The Labute approximate surface area is 196 Å². The van der Waals surface area contributed by atoms with Crippen LogP contribution in [0.15, 0.2) is 60.7 Å². The van der Waals surface area contributed by atoms with Crippen molar-refractivity contribution in [3.63, 3.8) is 0 Å². The molecular weight excluding hydrogens is 437 g/mol. The fourth-order valence-electron chi connectivity index (χ4n) is 3.49. The Kier molecular flexibility index (Phi) is 6.76. The van der Waals surface area contributed by atoms with Crippen LogP contribution in [0.5, 0.6) is 11.5 Å². The maximum absolute atomic E-state index is 15.8. The number of thiazole rings is 1. The van der Waals surface area contributed by atoms with E-state index in [1.54, 1.807) is 36.4 Å². The normalized spacial score (nSPS) is 11.9. The van der Waals surface area contributed by atoms with Crippen LogP contribution in [-0.4, -0.2) is 17.7 Å². The Morgan fingerprint density at radius 2 is 1.88 bits per heavy atom. The summed E-state index contributed by atoms with van der Waals surface area (Å²) in [5.41, 5.74) is 2.52. The number of fused-ring (bicyclic) bond motifs is 1. The zero-order valence-corrected chi connectivity index (χ0v) is 19.4. The molecule has 0 aliphatic carbocycles. The Hall–Kier alpha value is -3.63. The first-order valence-corrected chi connectivity index (χ1v) is 11.5.